The van der Waals surface area contributed by atoms with Gasteiger partial charge in [-0.05, 0) is 26.7 Å². The van der Waals surface area contributed by atoms with E-state index >= 15 is 0 Å². The summed E-state index contributed by atoms with van der Waals surface area (Å²) in [6.45, 7) is 8.30. The Balaban J connectivity index is 2.86. The number of rotatable bonds is 3. The van der Waals surface area contributed by atoms with E-state index in [1.807, 2.05) is 13.8 Å². The van der Waals surface area contributed by atoms with Crippen LogP contribution in [0.5, 0.6) is 0 Å². The Morgan fingerprint density at radius 3 is 2.17 bits per heavy atom. The molecule has 0 unspecified atom stereocenters. The van der Waals surface area contributed by atoms with Gasteiger partial charge in [0.25, 0.3) is 0 Å². The van der Waals surface area contributed by atoms with E-state index in [0.29, 0.717) is 5.92 Å². The van der Waals surface area contributed by atoms with E-state index < -0.39 is 0 Å². The lowest BCUT2D eigenvalue weighted by Crippen LogP contribution is -1.95. The molecule has 0 fully saturated rings. The third kappa shape index (κ3) is 1.68. The van der Waals surface area contributed by atoms with Gasteiger partial charge in [0.2, 0.25) is 0 Å². The zero-order valence-corrected chi connectivity index (χ0v) is 8.35. The van der Waals surface area contributed by atoms with Crippen molar-refractivity contribution in [3.63, 3.8) is 0 Å². The molecule has 1 aromatic rings. The zero-order chi connectivity index (χ0) is 9.14. The maximum Gasteiger partial charge on any atom is 0.197 e. The van der Waals surface area contributed by atoms with Crippen molar-refractivity contribution in [3.8, 4) is 0 Å². The number of nitrogens with zero attached hydrogens (tertiary/aromatic N) is 1. The van der Waals surface area contributed by atoms with Gasteiger partial charge in [0.1, 0.15) is 5.76 Å². The van der Waals surface area contributed by atoms with Gasteiger partial charge in [0.15, 0.2) is 5.89 Å². The van der Waals surface area contributed by atoms with Crippen LogP contribution in [0.2, 0.25) is 0 Å². The van der Waals surface area contributed by atoms with Crippen molar-refractivity contribution in [3.05, 3.63) is 17.3 Å². The van der Waals surface area contributed by atoms with Crippen LogP contribution in [0, 0.1) is 13.8 Å². The van der Waals surface area contributed by atoms with Crippen molar-refractivity contribution >= 4 is 0 Å². The summed E-state index contributed by atoms with van der Waals surface area (Å²) in [5, 5.41) is 0. The summed E-state index contributed by atoms with van der Waals surface area (Å²) in [5.41, 5.74) is 1.02. The molecule has 2 nitrogen and oxygen atoms in total. The summed E-state index contributed by atoms with van der Waals surface area (Å²) in [6.07, 6.45) is 2.21. The van der Waals surface area contributed by atoms with Gasteiger partial charge in [0.05, 0.1) is 5.69 Å². The maximum absolute atomic E-state index is 5.55. The molecule has 2 heteroatoms. The second-order valence-corrected chi connectivity index (χ2v) is 3.21. The van der Waals surface area contributed by atoms with Gasteiger partial charge in [-0.15, -0.1) is 0 Å². The van der Waals surface area contributed by atoms with Crippen LogP contribution in [0.4, 0.5) is 0 Å². The summed E-state index contributed by atoms with van der Waals surface area (Å²) < 4.78 is 5.55. The monoisotopic (exact) mass is 167 g/mol. The summed E-state index contributed by atoms with van der Waals surface area (Å²) >= 11 is 0. The Morgan fingerprint density at radius 1 is 1.25 bits per heavy atom. The highest BCUT2D eigenvalue weighted by atomic mass is 16.4. The van der Waals surface area contributed by atoms with Gasteiger partial charge < -0.3 is 4.42 Å². The van der Waals surface area contributed by atoms with Crippen LogP contribution < -0.4 is 0 Å². The fourth-order valence-corrected chi connectivity index (χ4v) is 1.31. The minimum atomic E-state index is 0.498. The topological polar surface area (TPSA) is 26.0 Å². The first kappa shape index (κ1) is 9.30. The van der Waals surface area contributed by atoms with Crippen LogP contribution >= 0.6 is 0 Å². The number of aryl methyl sites for hydroxylation is 2. The Hall–Kier alpha value is -0.790. The van der Waals surface area contributed by atoms with Crippen molar-refractivity contribution in [2.24, 2.45) is 0 Å². The molecule has 0 N–H and O–H groups in total. The minimum absolute atomic E-state index is 0.498. The molecule has 0 aliphatic rings. The maximum atomic E-state index is 5.55. The van der Waals surface area contributed by atoms with Crippen LogP contribution in [0.1, 0.15) is 50.0 Å². The van der Waals surface area contributed by atoms with Crippen molar-refractivity contribution in [1.29, 1.82) is 0 Å². The largest absolute Gasteiger partial charge is 0.445 e. The summed E-state index contributed by atoms with van der Waals surface area (Å²) in [4.78, 5) is 4.39. The quantitative estimate of drug-likeness (QED) is 0.691. The molecule has 0 spiro atoms. The van der Waals surface area contributed by atoms with Gasteiger partial charge in [-0.3, -0.25) is 0 Å². The molecule has 0 bridgehead atoms. The summed E-state index contributed by atoms with van der Waals surface area (Å²) in [5.74, 6) is 2.37. The molecule has 0 radical (unpaired) electrons. The highest BCUT2D eigenvalue weighted by molar-refractivity contribution is 5.07. The summed E-state index contributed by atoms with van der Waals surface area (Å²) in [7, 11) is 0. The number of oxazole rings is 1. The van der Waals surface area contributed by atoms with Crippen LogP contribution in [0.15, 0.2) is 4.42 Å². The van der Waals surface area contributed by atoms with E-state index in [1.54, 1.807) is 0 Å². The SMILES string of the molecule is CCC(CC)c1nc(C)c(C)o1. The van der Waals surface area contributed by atoms with Gasteiger partial charge in [-0.1, -0.05) is 13.8 Å². The molecular weight excluding hydrogens is 150 g/mol. The first-order chi connectivity index (χ1) is 5.69. The fourth-order valence-electron chi connectivity index (χ4n) is 1.31. The molecule has 1 heterocycles. The third-order valence-electron chi connectivity index (χ3n) is 2.38. The van der Waals surface area contributed by atoms with Gasteiger partial charge in [0, 0.05) is 5.92 Å². The van der Waals surface area contributed by atoms with Crippen LogP contribution in [-0.4, -0.2) is 4.98 Å². The Labute approximate surface area is 74.0 Å². The van der Waals surface area contributed by atoms with E-state index in [-0.39, 0.29) is 0 Å². The molecule has 0 amide bonds. The van der Waals surface area contributed by atoms with Gasteiger partial charge in [-0.25, -0.2) is 4.98 Å². The Bertz CT molecular complexity index is 229. The third-order valence-corrected chi connectivity index (χ3v) is 2.38. The van der Waals surface area contributed by atoms with Crippen LogP contribution in [0.3, 0.4) is 0 Å². The number of hydrogen-bond acceptors (Lipinski definition) is 2. The lowest BCUT2D eigenvalue weighted by Gasteiger charge is -2.05. The predicted molar refractivity (Wildman–Crippen MR) is 49.3 cm³/mol. The van der Waals surface area contributed by atoms with Crippen molar-refractivity contribution in [2.45, 2.75) is 46.5 Å². The van der Waals surface area contributed by atoms with Gasteiger partial charge >= 0.3 is 0 Å². The second kappa shape index (κ2) is 3.74. The molecule has 1 aromatic heterocycles. The smallest absolute Gasteiger partial charge is 0.197 e. The van der Waals surface area contributed by atoms with Crippen LogP contribution in [0.25, 0.3) is 0 Å². The van der Waals surface area contributed by atoms with E-state index in [4.69, 9.17) is 4.42 Å². The Kier molecular flexibility index (Phi) is 2.90. The average Bonchev–Trinajstić information content (AvgIpc) is 2.35. The number of aromatic nitrogens is 1. The molecule has 0 aliphatic heterocycles. The van der Waals surface area contributed by atoms with Crippen LogP contribution in [-0.2, 0) is 0 Å². The average molecular weight is 167 g/mol. The van der Waals surface area contributed by atoms with Gasteiger partial charge in [-0.2, -0.15) is 0 Å². The van der Waals surface area contributed by atoms with E-state index in [9.17, 15) is 0 Å². The number of hydrogen-bond donors (Lipinski definition) is 0. The molecule has 1 rings (SSSR count). The first-order valence-corrected chi connectivity index (χ1v) is 4.62. The lowest BCUT2D eigenvalue weighted by molar-refractivity contribution is 0.416. The second-order valence-electron chi connectivity index (χ2n) is 3.21. The highest BCUT2D eigenvalue weighted by Crippen LogP contribution is 2.23. The van der Waals surface area contributed by atoms with E-state index in [2.05, 4.69) is 18.8 Å². The Morgan fingerprint density at radius 2 is 1.83 bits per heavy atom. The van der Waals surface area contributed by atoms with Crippen molar-refractivity contribution in [1.82, 2.24) is 4.98 Å². The van der Waals surface area contributed by atoms with Crippen molar-refractivity contribution < 1.29 is 4.42 Å². The van der Waals surface area contributed by atoms with Crippen molar-refractivity contribution in [2.75, 3.05) is 0 Å². The normalized spacial score (nSPS) is 11.1. The first-order valence-electron chi connectivity index (χ1n) is 4.62. The molecule has 0 saturated carbocycles. The highest BCUT2D eigenvalue weighted by Gasteiger charge is 2.14. The fraction of sp³-hybridized carbons (Fsp3) is 0.700. The molecular formula is C10H17NO. The van der Waals surface area contributed by atoms with E-state index in [1.165, 1.54) is 0 Å². The molecule has 0 aliphatic carbocycles. The molecule has 68 valence electrons. The summed E-state index contributed by atoms with van der Waals surface area (Å²) in [6, 6.07) is 0. The molecule has 0 atom stereocenters. The molecule has 0 saturated heterocycles. The predicted octanol–water partition coefficient (Wildman–Crippen LogP) is 3.20. The zero-order valence-electron chi connectivity index (χ0n) is 8.35. The standard InChI is InChI=1S/C10H17NO/c1-5-9(6-2)10-11-7(3)8(4)12-10/h9H,5-6H2,1-4H3. The molecule has 0 aromatic carbocycles. The lowest BCUT2D eigenvalue weighted by atomic mass is 10.0. The van der Waals surface area contributed by atoms with E-state index in [0.717, 1.165) is 30.2 Å². The molecule has 12 heavy (non-hydrogen) atoms. The minimum Gasteiger partial charge on any atom is -0.445 e.